The van der Waals surface area contributed by atoms with Crippen molar-refractivity contribution in [3.05, 3.63) is 0 Å². The highest BCUT2D eigenvalue weighted by molar-refractivity contribution is 5.84. The second kappa shape index (κ2) is 5.72. The molecule has 0 aromatic heterocycles. The highest BCUT2D eigenvalue weighted by atomic mass is 16.4. The lowest BCUT2D eigenvalue weighted by Gasteiger charge is -2.30. The first-order chi connectivity index (χ1) is 7.85. The number of carboxylic acid groups (broad SMARTS) is 1. The SMILES string of the molecule is CC(CC(=O)NC(C(=O)O)C(C)(C)C)C(C)(C)C. The molecule has 0 aliphatic carbocycles. The number of aliphatic carboxylic acids is 1. The van der Waals surface area contributed by atoms with Crippen LogP contribution in [-0.4, -0.2) is 23.0 Å². The molecule has 0 heterocycles. The van der Waals surface area contributed by atoms with E-state index in [9.17, 15) is 9.59 Å². The Labute approximate surface area is 110 Å². The van der Waals surface area contributed by atoms with Gasteiger partial charge in [0, 0.05) is 6.42 Å². The Hall–Kier alpha value is -1.06. The van der Waals surface area contributed by atoms with Crippen LogP contribution in [0.5, 0.6) is 0 Å². The first-order valence-electron chi connectivity index (χ1n) is 6.38. The molecule has 0 rings (SSSR count). The van der Waals surface area contributed by atoms with Crippen LogP contribution in [0.25, 0.3) is 0 Å². The molecule has 0 aliphatic heterocycles. The van der Waals surface area contributed by atoms with Crippen LogP contribution < -0.4 is 5.32 Å². The Morgan fingerprint density at radius 1 is 1.06 bits per heavy atom. The fourth-order valence-corrected chi connectivity index (χ4v) is 1.45. The average Bonchev–Trinajstić information content (AvgIpc) is 2.10. The maximum Gasteiger partial charge on any atom is 0.326 e. The quantitative estimate of drug-likeness (QED) is 0.813. The summed E-state index contributed by atoms with van der Waals surface area (Å²) in [6, 6.07) is -0.850. The van der Waals surface area contributed by atoms with Gasteiger partial charge in [-0.05, 0) is 16.7 Å². The number of hydrogen-bond donors (Lipinski definition) is 2. The molecular formula is C14H27NO3. The lowest BCUT2D eigenvalue weighted by Crippen LogP contribution is -2.49. The largest absolute Gasteiger partial charge is 0.480 e. The molecule has 0 aromatic carbocycles. The van der Waals surface area contributed by atoms with Gasteiger partial charge in [0.25, 0.3) is 0 Å². The summed E-state index contributed by atoms with van der Waals surface area (Å²) in [6.45, 7) is 13.6. The minimum absolute atomic E-state index is 0.0395. The average molecular weight is 257 g/mol. The maximum absolute atomic E-state index is 11.9. The minimum Gasteiger partial charge on any atom is -0.480 e. The van der Waals surface area contributed by atoms with Gasteiger partial charge in [0.15, 0.2) is 0 Å². The molecule has 0 fully saturated rings. The molecule has 0 saturated carbocycles. The van der Waals surface area contributed by atoms with E-state index < -0.39 is 17.4 Å². The summed E-state index contributed by atoms with van der Waals surface area (Å²) >= 11 is 0. The molecule has 2 N–H and O–H groups in total. The van der Waals surface area contributed by atoms with Crippen molar-refractivity contribution in [2.45, 2.75) is 60.9 Å². The minimum atomic E-state index is -0.987. The highest BCUT2D eigenvalue weighted by Gasteiger charge is 2.33. The molecule has 2 unspecified atom stereocenters. The summed E-state index contributed by atoms with van der Waals surface area (Å²) in [6.07, 6.45) is 0.351. The topological polar surface area (TPSA) is 66.4 Å². The molecule has 106 valence electrons. The summed E-state index contributed by atoms with van der Waals surface area (Å²) in [5.74, 6) is -0.981. The van der Waals surface area contributed by atoms with E-state index in [4.69, 9.17) is 5.11 Å². The smallest absolute Gasteiger partial charge is 0.326 e. The molecule has 0 aliphatic rings. The Bertz CT molecular complexity index is 310. The van der Waals surface area contributed by atoms with Crippen molar-refractivity contribution in [3.63, 3.8) is 0 Å². The first-order valence-corrected chi connectivity index (χ1v) is 6.38. The highest BCUT2D eigenvalue weighted by Crippen LogP contribution is 2.28. The molecule has 0 aromatic rings. The van der Waals surface area contributed by atoms with Crippen molar-refractivity contribution < 1.29 is 14.7 Å². The van der Waals surface area contributed by atoms with Crippen LogP contribution >= 0.6 is 0 Å². The fourth-order valence-electron chi connectivity index (χ4n) is 1.45. The number of carbonyl (C=O) groups is 2. The van der Waals surface area contributed by atoms with Gasteiger partial charge in [-0.15, -0.1) is 0 Å². The second-order valence-corrected chi connectivity index (χ2v) is 7.18. The Kier molecular flexibility index (Phi) is 5.38. The predicted molar refractivity (Wildman–Crippen MR) is 72.3 cm³/mol. The molecule has 1 amide bonds. The third-order valence-corrected chi connectivity index (χ3v) is 3.39. The van der Waals surface area contributed by atoms with E-state index in [1.807, 2.05) is 6.92 Å². The predicted octanol–water partition coefficient (Wildman–Crippen LogP) is 2.67. The van der Waals surface area contributed by atoms with Gasteiger partial charge in [0.2, 0.25) is 5.91 Å². The first kappa shape index (κ1) is 16.9. The Morgan fingerprint density at radius 3 is 1.78 bits per heavy atom. The van der Waals surface area contributed by atoms with Gasteiger partial charge < -0.3 is 10.4 Å². The van der Waals surface area contributed by atoms with Gasteiger partial charge >= 0.3 is 5.97 Å². The van der Waals surface area contributed by atoms with Gasteiger partial charge in [-0.2, -0.15) is 0 Å². The zero-order valence-corrected chi connectivity index (χ0v) is 12.6. The van der Waals surface area contributed by atoms with Gasteiger partial charge in [-0.3, -0.25) is 4.79 Å². The monoisotopic (exact) mass is 257 g/mol. The third-order valence-electron chi connectivity index (χ3n) is 3.39. The van der Waals surface area contributed by atoms with E-state index in [1.165, 1.54) is 0 Å². The standard InChI is InChI=1S/C14H27NO3/c1-9(13(2,3)4)8-10(16)15-11(12(17)18)14(5,6)7/h9,11H,8H2,1-7H3,(H,15,16)(H,17,18). The van der Waals surface area contributed by atoms with Crippen molar-refractivity contribution in [1.82, 2.24) is 5.32 Å². The summed E-state index contributed by atoms with van der Waals surface area (Å²) in [5, 5.41) is 11.8. The van der Waals surface area contributed by atoms with E-state index in [1.54, 1.807) is 20.8 Å². The maximum atomic E-state index is 11.9. The molecule has 0 radical (unpaired) electrons. The Balaban J connectivity index is 4.60. The molecule has 0 spiro atoms. The van der Waals surface area contributed by atoms with Gasteiger partial charge in [-0.1, -0.05) is 48.5 Å². The molecule has 4 nitrogen and oxygen atoms in total. The Morgan fingerprint density at radius 2 is 1.50 bits per heavy atom. The molecule has 0 bridgehead atoms. The number of amides is 1. The van der Waals surface area contributed by atoms with Crippen molar-refractivity contribution in [2.75, 3.05) is 0 Å². The number of hydrogen-bond acceptors (Lipinski definition) is 2. The van der Waals surface area contributed by atoms with Crippen LogP contribution in [0.1, 0.15) is 54.9 Å². The van der Waals surface area contributed by atoms with Crippen LogP contribution in [0.3, 0.4) is 0 Å². The van der Waals surface area contributed by atoms with Crippen LogP contribution in [0.4, 0.5) is 0 Å². The number of rotatable bonds is 4. The molecule has 0 saturated heterocycles. The van der Waals surface area contributed by atoms with Crippen molar-refractivity contribution in [3.8, 4) is 0 Å². The number of nitrogens with one attached hydrogen (secondary N) is 1. The summed E-state index contributed by atoms with van der Waals surface area (Å²) in [4.78, 5) is 23.0. The van der Waals surface area contributed by atoms with Crippen LogP contribution in [0, 0.1) is 16.7 Å². The van der Waals surface area contributed by atoms with Crippen LogP contribution in [-0.2, 0) is 9.59 Å². The second-order valence-electron chi connectivity index (χ2n) is 7.18. The van der Waals surface area contributed by atoms with E-state index in [2.05, 4.69) is 26.1 Å². The van der Waals surface area contributed by atoms with Crippen LogP contribution in [0.15, 0.2) is 0 Å². The normalized spacial score (nSPS) is 15.9. The van der Waals surface area contributed by atoms with E-state index in [0.29, 0.717) is 6.42 Å². The van der Waals surface area contributed by atoms with E-state index in [0.717, 1.165) is 0 Å². The summed E-state index contributed by atoms with van der Waals surface area (Å²) in [5.41, 5.74) is -0.454. The molecule has 2 atom stereocenters. The van der Waals surface area contributed by atoms with Crippen molar-refractivity contribution in [1.29, 1.82) is 0 Å². The van der Waals surface area contributed by atoms with E-state index in [-0.39, 0.29) is 17.2 Å². The van der Waals surface area contributed by atoms with Crippen molar-refractivity contribution >= 4 is 11.9 Å². The van der Waals surface area contributed by atoms with Crippen molar-refractivity contribution in [2.24, 2.45) is 16.7 Å². The fraction of sp³-hybridized carbons (Fsp3) is 0.857. The van der Waals surface area contributed by atoms with Gasteiger partial charge in [-0.25, -0.2) is 4.79 Å². The lowest BCUT2D eigenvalue weighted by molar-refractivity contribution is -0.145. The van der Waals surface area contributed by atoms with E-state index >= 15 is 0 Å². The number of carboxylic acids is 1. The van der Waals surface area contributed by atoms with Crippen LogP contribution in [0.2, 0.25) is 0 Å². The molecule has 18 heavy (non-hydrogen) atoms. The molecular weight excluding hydrogens is 230 g/mol. The summed E-state index contributed by atoms with van der Waals surface area (Å²) in [7, 11) is 0. The lowest BCUT2D eigenvalue weighted by atomic mass is 9.79. The zero-order chi connectivity index (χ0) is 14.7. The third kappa shape index (κ3) is 5.52. The zero-order valence-electron chi connectivity index (χ0n) is 12.6. The van der Waals surface area contributed by atoms with Gasteiger partial charge in [0.05, 0.1) is 0 Å². The number of carbonyl (C=O) groups excluding carboxylic acids is 1. The summed E-state index contributed by atoms with van der Waals surface area (Å²) < 4.78 is 0. The van der Waals surface area contributed by atoms with Gasteiger partial charge in [0.1, 0.15) is 6.04 Å². The molecule has 4 heteroatoms.